The molecule has 0 saturated heterocycles. The van der Waals surface area contributed by atoms with Crippen molar-refractivity contribution in [3.05, 3.63) is 0 Å². The number of primary amides is 1. The molecule has 4 N–H and O–H groups in total. The largest absolute Gasteiger partial charge is 0.380 e. The number of hydrogen-bond donors (Lipinski definition) is 2. The average molecular weight is 132 g/mol. The van der Waals surface area contributed by atoms with Crippen molar-refractivity contribution in [2.24, 2.45) is 11.5 Å². The molecule has 0 heterocycles. The maximum absolute atomic E-state index is 10.3. The first-order valence-corrected chi connectivity index (χ1v) is 2.67. The SMILES string of the molecule is CO[C@H](C)[C@H](N)C(N)=O. The van der Waals surface area contributed by atoms with E-state index in [4.69, 9.17) is 16.2 Å². The normalized spacial score (nSPS) is 16.8. The van der Waals surface area contributed by atoms with E-state index in [1.54, 1.807) is 6.92 Å². The molecular weight excluding hydrogens is 120 g/mol. The maximum atomic E-state index is 10.3. The fourth-order valence-corrected chi connectivity index (χ4v) is 0.378. The summed E-state index contributed by atoms with van der Waals surface area (Å²) in [5.74, 6) is -0.538. The first-order valence-electron chi connectivity index (χ1n) is 2.67. The van der Waals surface area contributed by atoms with Gasteiger partial charge in [-0.2, -0.15) is 0 Å². The van der Waals surface area contributed by atoms with Crippen molar-refractivity contribution >= 4 is 5.91 Å². The highest BCUT2D eigenvalue weighted by molar-refractivity contribution is 5.80. The number of carbonyl (C=O) groups excluding carboxylic acids is 1. The second kappa shape index (κ2) is 3.42. The predicted octanol–water partition coefficient (Wildman–Crippen LogP) is -1.17. The Kier molecular flexibility index (Phi) is 3.19. The smallest absolute Gasteiger partial charge is 0.237 e. The van der Waals surface area contributed by atoms with E-state index >= 15 is 0 Å². The molecule has 4 heteroatoms. The molecule has 0 saturated carbocycles. The topological polar surface area (TPSA) is 78.3 Å². The molecule has 9 heavy (non-hydrogen) atoms. The zero-order valence-electron chi connectivity index (χ0n) is 5.63. The van der Waals surface area contributed by atoms with E-state index < -0.39 is 11.9 Å². The molecule has 0 aliphatic carbocycles. The van der Waals surface area contributed by atoms with Crippen LogP contribution >= 0.6 is 0 Å². The molecule has 0 aliphatic rings. The fraction of sp³-hybridized carbons (Fsp3) is 0.800. The molecule has 0 aromatic carbocycles. The van der Waals surface area contributed by atoms with Crippen LogP contribution in [0.5, 0.6) is 0 Å². The van der Waals surface area contributed by atoms with E-state index in [1.807, 2.05) is 0 Å². The molecule has 0 unspecified atom stereocenters. The third-order valence-electron chi connectivity index (χ3n) is 1.21. The van der Waals surface area contributed by atoms with E-state index in [1.165, 1.54) is 7.11 Å². The second-order valence-electron chi connectivity index (χ2n) is 1.87. The van der Waals surface area contributed by atoms with Crippen molar-refractivity contribution in [1.29, 1.82) is 0 Å². The van der Waals surface area contributed by atoms with Crippen LogP contribution < -0.4 is 11.5 Å². The molecule has 2 atom stereocenters. The van der Waals surface area contributed by atoms with Crippen LogP contribution in [0, 0.1) is 0 Å². The quantitative estimate of drug-likeness (QED) is 0.508. The molecule has 0 fully saturated rings. The second-order valence-corrected chi connectivity index (χ2v) is 1.87. The molecule has 54 valence electrons. The van der Waals surface area contributed by atoms with Gasteiger partial charge in [-0.3, -0.25) is 4.79 Å². The van der Waals surface area contributed by atoms with Gasteiger partial charge in [0.2, 0.25) is 5.91 Å². The minimum atomic E-state index is -0.699. The van der Waals surface area contributed by atoms with E-state index in [2.05, 4.69) is 0 Å². The summed E-state index contributed by atoms with van der Waals surface area (Å²) in [6, 6.07) is -0.699. The number of methoxy groups -OCH3 is 1. The van der Waals surface area contributed by atoms with Crippen LogP contribution in [-0.2, 0) is 9.53 Å². The van der Waals surface area contributed by atoms with Crippen molar-refractivity contribution < 1.29 is 9.53 Å². The highest BCUT2D eigenvalue weighted by atomic mass is 16.5. The Morgan fingerprint density at radius 2 is 2.11 bits per heavy atom. The Bertz CT molecular complexity index is 105. The first-order chi connectivity index (χ1) is 4.09. The molecule has 0 aliphatic heterocycles. The number of carbonyl (C=O) groups is 1. The van der Waals surface area contributed by atoms with Crippen LogP contribution in [0.3, 0.4) is 0 Å². The van der Waals surface area contributed by atoms with Gasteiger partial charge in [0.25, 0.3) is 0 Å². The van der Waals surface area contributed by atoms with Gasteiger partial charge in [0.15, 0.2) is 0 Å². The molecule has 4 nitrogen and oxygen atoms in total. The van der Waals surface area contributed by atoms with E-state index in [9.17, 15) is 4.79 Å². The molecule has 0 rings (SSSR count). The number of ether oxygens (including phenoxy) is 1. The highest BCUT2D eigenvalue weighted by Gasteiger charge is 2.16. The molecule has 0 spiro atoms. The Hall–Kier alpha value is -0.610. The molecule has 1 amide bonds. The van der Waals surface area contributed by atoms with Gasteiger partial charge in [0.1, 0.15) is 6.04 Å². The van der Waals surface area contributed by atoms with Gasteiger partial charge < -0.3 is 16.2 Å². The summed E-state index contributed by atoms with van der Waals surface area (Å²) in [5, 5.41) is 0. The van der Waals surface area contributed by atoms with Gasteiger partial charge in [-0.25, -0.2) is 0 Å². The number of hydrogen-bond acceptors (Lipinski definition) is 3. The monoisotopic (exact) mass is 132 g/mol. The standard InChI is InChI=1S/C5H12N2O2/c1-3(9-2)4(6)5(7)8/h3-4H,6H2,1-2H3,(H2,7,8)/t3-,4+/m1/s1. The molecule has 0 radical (unpaired) electrons. The number of amides is 1. The minimum Gasteiger partial charge on any atom is -0.380 e. The van der Waals surface area contributed by atoms with Crippen LogP contribution in [0.4, 0.5) is 0 Å². The summed E-state index contributed by atoms with van der Waals surface area (Å²) in [5.41, 5.74) is 10.1. The lowest BCUT2D eigenvalue weighted by molar-refractivity contribution is -0.121. The fourth-order valence-electron chi connectivity index (χ4n) is 0.378. The zero-order valence-corrected chi connectivity index (χ0v) is 5.63. The Morgan fingerprint density at radius 1 is 1.67 bits per heavy atom. The number of nitrogens with two attached hydrogens (primary N) is 2. The van der Waals surface area contributed by atoms with E-state index in [0.717, 1.165) is 0 Å². The Labute approximate surface area is 54.2 Å². The van der Waals surface area contributed by atoms with Crippen LogP contribution in [0.2, 0.25) is 0 Å². The first kappa shape index (κ1) is 8.39. The summed E-state index contributed by atoms with van der Waals surface area (Å²) in [6.45, 7) is 1.69. The van der Waals surface area contributed by atoms with Crippen molar-refractivity contribution in [3.8, 4) is 0 Å². The molecule has 0 aromatic rings. The van der Waals surface area contributed by atoms with Gasteiger partial charge in [0, 0.05) is 7.11 Å². The van der Waals surface area contributed by atoms with Gasteiger partial charge >= 0.3 is 0 Å². The van der Waals surface area contributed by atoms with Crippen LogP contribution in [0.25, 0.3) is 0 Å². The van der Waals surface area contributed by atoms with Crippen molar-refractivity contribution in [3.63, 3.8) is 0 Å². The van der Waals surface area contributed by atoms with Crippen molar-refractivity contribution in [2.75, 3.05) is 7.11 Å². The molecule has 0 bridgehead atoms. The van der Waals surface area contributed by atoms with Crippen LogP contribution in [-0.4, -0.2) is 25.2 Å². The van der Waals surface area contributed by atoms with Crippen LogP contribution in [0.15, 0.2) is 0 Å². The lowest BCUT2D eigenvalue weighted by Gasteiger charge is -2.13. The third-order valence-corrected chi connectivity index (χ3v) is 1.21. The summed E-state index contributed by atoms with van der Waals surface area (Å²) in [7, 11) is 1.48. The minimum absolute atomic E-state index is 0.303. The van der Waals surface area contributed by atoms with E-state index in [0.29, 0.717) is 0 Å². The third kappa shape index (κ3) is 2.43. The predicted molar refractivity (Wildman–Crippen MR) is 33.6 cm³/mol. The van der Waals surface area contributed by atoms with Gasteiger partial charge in [-0.15, -0.1) is 0 Å². The maximum Gasteiger partial charge on any atom is 0.237 e. The lowest BCUT2D eigenvalue weighted by atomic mass is 10.2. The summed E-state index contributed by atoms with van der Waals surface area (Å²) in [4.78, 5) is 10.3. The van der Waals surface area contributed by atoms with Crippen molar-refractivity contribution in [1.82, 2.24) is 0 Å². The highest BCUT2D eigenvalue weighted by Crippen LogP contribution is 1.91. The molecule has 0 aromatic heterocycles. The van der Waals surface area contributed by atoms with Gasteiger partial charge in [-0.05, 0) is 6.92 Å². The Morgan fingerprint density at radius 3 is 2.22 bits per heavy atom. The summed E-state index contributed by atoms with van der Waals surface area (Å²) < 4.78 is 4.75. The van der Waals surface area contributed by atoms with Crippen LogP contribution in [0.1, 0.15) is 6.92 Å². The number of rotatable bonds is 3. The average Bonchev–Trinajstić information content (AvgIpc) is 1.84. The van der Waals surface area contributed by atoms with E-state index in [-0.39, 0.29) is 6.10 Å². The summed E-state index contributed by atoms with van der Waals surface area (Å²) in [6.07, 6.45) is -0.303. The Balaban J connectivity index is 3.72. The van der Waals surface area contributed by atoms with Crippen molar-refractivity contribution in [2.45, 2.75) is 19.1 Å². The lowest BCUT2D eigenvalue weighted by Crippen LogP contribution is -2.45. The van der Waals surface area contributed by atoms with Gasteiger partial charge in [-0.1, -0.05) is 0 Å². The summed E-state index contributed by atoms with van der Waals surface area (Å²) >= 11 is 0. The molecular formula is C5H12N2O2. The zero-order chi connectivity index (χ0) is 7.44. The van der Waals surface area contributed by atoms with Gasteiger partial charge in [0.05, 0.1) is 6.10 Å².